The van der Waals surface area contributed by atoms with Crippen LogP contribution < -0.4 is 0 Å². The highest BCUT2D eigenvalue weighted by Gasteiger charge is 2.18. The summed E-state index contributed by atoms with van der Waals surface area (Å²) in [6.07, 6.45) is 2.09. The molecule has 1 aliphatic rings. The first-order chi connectivity index (χ1) is 9.29. The predicted molar refractivity (Wildman–Crippen MR) is 85.8 cm³/mol. The van der Waals surface area contributed by atoms with Crippen LogP contribution in [0.2, 0.25) is 0 Å². The minimum absolute atomic E-state index is 0.160. The molecule has 1 aliphatic heterocycles. The molecule has 2 rings (SSSR count). The molecular weight excluding hydrogens is 234 g/mol. The van der Waals surface area contributed by atoms with Crippen LogP contribution in [0.15, 0.2) is 24.3 Å². The van der Waals surface area contributed by atoms with Gasteiger partial charge in [0.1, 0.15) is 0 Å². The van der Waals surface area contributed by atoms with Crippen LogP contribution in [0.25, 0.3) is 0 Å². The standard InChI is InChI=1S/C11H13NO.3C2H6/c1-12-8-4-6-9-5-2-3-7-10(9)11(12)13;3*1-2/h2-3,5,7H,4,6,8H2,1H3;3*1-2H3. The zero-order valence-electron chi connectivity index (χ0n) is 13.8. The average Bonchev–Trinajstić information content (AvgIpc) is 2.66. The summed E-state index contributed by atoms with van der Waals surface area (Å²) in [5.41, 5.74) is 2.07. The molecule has 1 amide bonds. The Kier molecular flexibility index (Phi) is 13.8. The summed E-state index contributed by atoms with van der Waals surface area (Å²) in [5, 5.41) is 0. The van der Waals surface area contributed by atoms with Crippen LogP contribution >= 0.6 is 0 Å². The van der Waals surface area contributed by atoms with Gasteiger partial charge >= 0.3 is 0 Å². The molecule has 1 aromatic carbocycles. The van der Waals surface area contributed by atoms with Crippen molar-refractivity contribution in [2.24, 2.45) is 0 Å². The molecular formula is C17H31NO. The zero-order chi connectivity index (χ0) is 15.3. The second-order valence-electron chi connectivity index (χ2n) is 3.49. The lowest BCUT2D eigenvalue weighted by molar-refractivity contribution is 0.0800. The van der Waals surface area contributed by atoms with E-state index in [1.54, 1.807) is 4.90 Å². The molecule has 0 aromatic heterocycles. The maximum absolute atomic E-state index is 11.8. The van der Waals surface area contributed by atoms with E-state index < -0.39 is 0 Å². The first-order valence-electron chi connectivity index (χ1n) is 7.62. The number of hydrogen-bond acceptors (Lipinski definition) is 1. The monoisotopic (exact) mass is 265 g/mol. The van der Waals surface area contributed by atoms with Gasteiger partial charge in [-0.15, -0.1) is 0 Å². The second-order valence-corrected chi connectivity index (χ2v) is 3.49. The first kappa shape index (κ1) is 20.0. The van der Waals surface area contributed by atoms with Crippen molar-refractivity contribution in [1.82, 2.24) is 4.90 Å². The average molecular weight is 265 g/mol. The van der Waals surface area contributed by atoms with Gasteiger partial charge < -0.3 is 4.90 Å². The SMILES string of the molecule is CC.CC.CC.CN1CCCc2ccccc2C1=O. The topological polar surface area (TPSA) is 20.3 Å². The third-order valence-electron chi connectivity index (χ3n) is 2.53. The van der Waals surface area contributed by atoms with E-state index in [0.29, 0.717) is 0 Å². The fraction of sp³-hybridized carbons (Fsp3) is 0.588. The number of amides is 1. The van der Waals surface area contributed by atoms with Gasteiger partial charge in [-0.05, 0) is 24.5 Å². The van der Waals surface area contributed by atoms with Crippen molar-refractivity contribution < 1.29 is 4.79 Å². The van der Waals surface area contributed by atoms with E-state index in [2.05, 4.69) is 0 Å². The Morgan fingerprint density at radius 1 is 0.947 bits per heavy atom. The van der Waals surface area contributed by atoms with Gasteiger partial charge in [0.2, 0.25) is 0 Å². The Labute approximate surface area is 119 Å². The summed E-state index contributed by atoms with van der Waals surface area (Å²) in [6, 6.07) is 7.89. The van der Waals surface area contributed by atoms with Crippen LogP contribution in [0.3, 0.4) is 0 Å². The quantitative estimate of drug-likeness (QED) is 0.661. The second kappa shape index (κ2) is 13.1. The molecule has 2 heteroatoms. The lowest BCUT2D eigenvalue weighted by Crippen LogP contribution is -2.26. The molecule has 1 aromatic rings. The van der Waals surface area contributed by atoms with Gasteiger partial charge in [0.15, 0.2) is 0 Å². The number of aryl methyl sites for hydroxylation is 1. The number of hydrogen-bond donors (Lipinski definition) is 0. The highest BCUT2D eigenvalue weighted by Crippen LogP contribution is 2.16. The minimum atomic E-state index is 0.160. The van der Waals surface area contributed by atoms with Crippen LogP contribution in [-0.2, 0) is 6.42 Å². The van der Waals surface area contributed by atoms with Crippen molar-refractivity contribution in [2.75, 3.05) is 13.6 Å². The fourth-order valence-electron chi connectivity index (χ4n) is 1.76. The van der Waals surface area contributed by atoms with Gasteiger partial charge in [-0.2, -0.15) is 0 Å². The lowest BCUT2D eigenvalue weighted by atomic mass is 10.0. The molecule has 0 atom stereocenters. The normalized spacial score (nSPS) is 12.4. The van der Waals surface area contributed by atoms with Gasteiger partial charge in [0.25, 0.3) is 5.91 Å². The molecule has 0 N–H and O–H groups in total. The van der Waals surface area contributed by atoms with E-state index in [1.807, 2.05) is 72.9 Å². The number of carbonyl (C=O) groups is 1. The number of nitrogens with zero attached hydrogens (tertiary/aromatic N) is 1. The number of carbonyl (C=O) groups excluding carboxylic acids is 1. The predicted octanol–water partition coefficient (Wildman–Crippen LogP) is 4.78. The maximum Gasteiger partial charge on any atom is 0.253 e. The molecule has 0 fully saturated rings. The molecule has 0 saturated heterocycles. The third kappa shape index (κ3) is 6.42. The first-order valence-corrected chi connectivity index (χ1v) is 7.62. The number of benzene rings is 1. The van der Waals surface area contributed by atoms with E-state index in [4.69, 9.17) is 0 Å². The maximum atomic E-state index is 11.8. The van der Waals surface area contributed by atoms with Gasteiger partial charge in [0.05, 0.1) is 0 Å². The Hall–Kier alpha value is -1.31. The van der Waals surface area contributed by atoms with Gasteiger partial charge in [-0.1, -0.05) is 59.7 Å². The third-order valence-corrected chi connectivity index (χ3v) is 2.53. The summed E-state index contributed by atoms with van der Waals surface area (Å²) in [7, 11) is 1.87. The minimum Gasteiger partial charge on any atom is -0.342 e. The van der Waals surface area contributed by atoms with Crippen molar-refractivity contribution in [2.45, 2.75) is 54.4 Å². The van der Waals surface area contributed by atoms with Crippen LogP contribution in [0.5, 0.6) is 0 Å². The molecule has 0 unspecified atom stereocenters. The van der Waals surface area contributed by atoms with E-state index in [1.165, 1.54) is 5.56 Å². The Balaban J connectivity index is 0. The molecule has 0 spiro atoms. The fourth-order valence-corrected chi connectivity index (χ4v) is 1.76. The molecule has 0 bridgehead atoms. The summed E-state index contributed by atoms with van der Waals surface area (Å²) in [4.78, 5) is 13.6. The van der Waals surface area contributed by atoms with Crippen LogP contribution in [0.4, 0.5) is 0 Å². The molecule has 19 heavy (non-hydrogen) atoms. The summed E-state index contributed by atoms with van der Waals surface area (Å²) in [5.74, 6) is 0.160. The molecule has 0 radical (unpaired) electrons. The van der Waals surface area contributed by atoms with E-state index in [9.17, 15) is 4.79 Å². The van der Waals surface area contributed by atoms with Crippen molar-refractivity contribution in [3.8, 4) is 0 Å². The van der Waals surface area contributed by atoms with Gasteiger partial charge in [-0.3, -0.25) is 4.79 Å². The van der Waals surface area contributed by atoms with Gasteiger partial charge in [-0.25, -0.2) is 0 Å². The highest BCUT2D eigenvalue weighted by atomic mass is 16.2. The lowest BCUT2D eigenvalue weighted by Gasteiger charge is -2.13. The Bertz CT molecular complexity index is 334. The molecule has 0 saturated carbocycles. The Morgan fingerprint density at radius 2 is 1.47 bits per heavy atom. The van der Waals surface area contributed by atoms with Crippen LogP contribution in [0.1, 0.15) is 63.9 Å². The van der Waals surface area contributed by atoms with Crippen molar-refractivity contribution in [3.63, 3.8) is 0 Å². The summed E-state index contributed by atoms with van der Waals surface area (Å²) in [6.45, 7) is 12.9. The van der Waals surface area contributed by atoms with Crippen LogP contribution in [-0.4, -0.2) is 24.4 Å². The zero-order valence-corrected chi connectivity index (χ0v) is 13.8. The van der Waals surface area contributed by atoms with Crippen molar-refractivity contribution in [1.29, 1.82) is 0 Å². The summed E-state index contributed by atoms with van der Waals surface area (Å²) >= 11 is 0. The molecule has 2 nitrogen and oxygen atoms in total. The van der Waals surface area contributed by atoms with Crippen molar-refractivity contribution in [3.05, 3.63) is 35.4 Å². The Morgan fingerprint density at radius 3 is 2.05 bits per heavy atom. The highest BCUT2D eigenvalue weighted by molar-refractivity contribution is 5.95. The van der Waals surface area contributed by atoms with Gasteiger partial charge in [0, 0.05) is 19.2 Å². The molecule has 1 heterocycles. The van der Waals surface area contributed by atoms with E-state index in [-0.39, 0.29) is 5.91 Å². The number of rotatable bonds is 0. The molecule has 0 aliphatic carbocycles. The van der Waals surface area contributed by atoms with E-state index >= 15 is 0 Å². The van der Waals surface area contributed by atoms with Crippen LogP contribution in [0, 0.1) is 0 Å². The molecule has 110 valence electrons. The largest absolute Gasteiger partial charge is 0.342 e. The smallest absolute Gasteiger partial charge is 0.253 e. The number of fused-ring (bicyclic) bond motifs is 1. The van der Waals surface area contributed by atoms with E-state index in [0.717, 1.165) is 24.9 Å². The van der Waals surface area contributed by atoms with Crippen molar-refractivity contribution >= 4 is 5.91 Å². The summed E-state index contributed by atoms with van der Waals surface area (Å²) < 4.78 is 0.